The predicted molar refractivity (Wildman–Crippen MR) is 236 cm³/mol. The van der Waals surface area contributed by atoms with Crippen LogP contribution in [0.3, 0.4) is 0 Å². The number of benzene rings is 2. The van der Waals surface area contributed by atoms with Gasteiger partial charge < -0.3 is 36.2 Å². The van der Waals surface area contributed by atoms with Crippen molar-refractivity contribution in [2.45, 2.75) is 51.1 Å². The molecule has 0 bridgehead atoms. The lowest BCUT2D eigenvalue weighted by Gasteiger charge is -2.40. The van der Waals surface area contributed by atoms with Crippen LogP contribution in [-0.2, 0) is 35.8 Å². The first-order valence-corrected chi connectivity index (χ1v) is 20.6. The summed E-state index contributed by atoms with van der Waals surface area (Å²) >= 11 is 11.7. The molecule has 2 saturated heterocycles. The number of hydrogen-bond acceptors (Lipinski definition) is 11. The van der Waals surface area contributed by atoms with Gasteiger partial charge in [-0.2, -0.15) is 0 Å². The molecule has 2 aliphatic heterocycles. The molecule has 17 nitrogen and oxygen atoms in total. The quantitative estimate of drug-likeness (QED) is 0.104. The van der Waals surface area contributed by atoms with E-state index in [-0.39, 0.29) is 55.0 Å². The van der Waals surface area contributed by atoms with Crippen LogP contribution in [0.15, 0.2) is 107 Å². The lowest BCUT2D eigenvalue weighted by atomic mass is 10.0. The molecule has 0 saturated carbocycles. The molecule has 63 heavy (non-hydrogen) atoms. The summed E-state index contributed by atoms with van der Waals surface area (Å²) in [4.78, 5) is 84.6. The first-order chi connectivity index (χ1) is 30.4. The van der Waals surface area contributed by atoms with Crippen molar-refractivity contribution in [2.75, 3.05) is 26.3 Å². The van der Waals surface area contributed by atoms with Crippen molar-refractivity contribution in [3.63, 3.8) is 0 Å². The molecule has 2 aliphatic rings. The molecule has 6 aromatic rings. The summed E-state index contributed by atoms with van der Waals surface area (Å²) in [5, 5.41) is 37.4. The highest BCUT2D eigenvalue weighted by molar-refractivity contribution is 6.30. The molecular formula is C44H44Cl2N8O9. The fraction of sp³-hybridized carbons (Fsp3) is 0.273. The molecular weight excluding hydrogens is 855 g/mol. The van der Waals surface area contributed by atoms with E-state index in [9.17, 15) is 33.9 Å². The molecule has 2 atom stereocenters. The topological polar surface area (TPSA) is 238 Å². The van der Waals surface area contributed by atoms with Crippen LogP contribution in [-0.4, -0.2) is 101 Å². The normalized spacial score (nSPS) is 15.1. The molecule has 2 aromatic carbocycles. The Labute approximate surface area is 369 Å². The van der Waals surface area contributed by atoms with E-state index >= 15 is 0 Å². The zero-order valence-corrected chi connectivity index (χ0v) is 35.3. The highest BCUT2D eigenvalue weighted by Gasteiger charge is 2.32. The van der Waals surface area contributed by atoms with Gasteiger partial charge in [0, 0.05) is 58.9 Å². The highest BCUT2D eigenvalue weighted by Crippen LogP contribution is 2.19. The minimum Gasteiger partial charge on any atom is -0.480 e. The van der Waals surface area contributed by atoms with Gasteiger partial charge in [0.05, 0.1) is 19.3 Å². The van der Waals surface area contributed by atoms with E-state index in [4.69, 9.17) is 33.4 Å². The fourth-order valence-corrected chi connectivity index (χ4v) is 6.87. The number of likely N-dealkylation sites (tertiary alicyclic amines) is 1. The first kappa shape index (κ1) is 46.0. The third-order valence-corrected chi connectivity index (χ3v) is 10.8. The van der Waals surface area contributed by atoms with E-state index in [2.05, 4.69) is 25.9 Å². The number of carboxylic acids is 1. The second-order valence-corrected chi connectivity index (χ2v) is 15.5. The molecule has 0 spiro atoms. The lowest BCUT2D eigenvalue weighted by Crippen LogP contribution is -2.54. The Kier molecular flexibility index (Phi) is 15.7. The Morgan fingerprint density at radius 2 is 1.17 bits per heavy atom. The number of carbonyl (C=O) groups excluding carboxylic acids is 3. The van der Waals surface area contributed by atoms with E-state index < -0.39 is 35.4 Å². The number of nitrogens with one attached hydrogen (secondary N) is 3. The predicted octanol–water partition coefficient (Wildman–Crippen LogP) is 2.98. The largest absolute Gasteiger partial charge is 0.480 e. The number of halogens is 2. The van der Waals surface area contributed by atoms with Crippen molar-refractivity contribution in [3.05, 3.63) is 150 Å². The second kappa shape index (κ2) is 21.5. The molecule has 6 heterocycles. The maximum atomic E-state index is 13.1. The highest BCUT2D eigenvalue weighted by atomic mass is 35.5. The summed E-state index contributed by atoms with van der Waals surface area (Å²) in [6.45, 7) is 1.42. The number of amides is 3. The second-order valence-electron chi connectivity index (χ2n) is 14.6. The average Bonchev–Trinajstić information content (AvgIpc) is 3.24. The average molecular weight is 900 g/mol. The van der Waals surface area contributed by atoms with E-state index in [1.165, 1.54) is 34.0 Å². The number of carbonyl (C=O) groups is 4. The number of aliphatic carboxylic acids is 1. The third kappa shape index (κ3) is 11.7. The van der Waals surface area contributed by atoms with Gasteiger partial charge in [-0.1, -0.05) is 47.5 Å². The Hall–Kier alpha value is -6.50. The van der Waals surface area contributed by atoms with Crippen molar-refractivity contribution in [1.29, 1.82) is 0 Å². The van der Waals surface area contributed by atoms with Crippen LogP contribution in [0.2, 0.25) is 10.0 Å². The van der Waals surface area contributed by atoms with Gasteiger partial charge in [-0.05, 0) is 91.2 Å². The van der Waals surface area contributed by atoms with Gasteiger partial charge in [0.15, 0.2) is 0 Å². The molecule has 0 aliphatic carbocycles. The van der Waals surface area contributed by atoms with Gasteiger partial charge in [0.1, 0.15) is 35.5 Å². The van der Waals surface area contributed by atoms with E-state index in [1.807, 2.05) is 0 Å². The van der Waals surface area contributed by atoms with Gasteiger partial charge >= 0.3 is 5.97 Å². The molecule has 8 rings (SSSR count). The van der Waals surface area contributed by atoms with Crippen molar-refractivity contribution >= 4 is 69.0 Å². The summed E-state index contributed by atoms with van der Waals surface area (Å²) in [5.41, 5.74) is 0.705. The smallest absolute Gasteiger partial charge is 0.323 e. The zero-order chi connectivity index (χ0) is 45.0. The standard InChI is InChI=1S/C22H21ClN4O4.C18H14ClN3O4.C4H9NO/c23-16-5-3-14(4-6-16)11-25-21(30)18-10-15-2-1-8-24-20(15)27(22(18)31)12-19(29)26-9-7-17(26)13-28;19-13-5-3-11(4-6-13)9-21-17(25)14-8-12-2-1-7-20-16(12)22(18(14)26)10-15(23)24;6-3-4-1-2-5-4/h1-6,8,10,17,28H,7,9,11-13H2,(H,25,30);1-8H,9-10H2,(H,21,25)(H,23,24);4-6H,1-3H2. The Bertz CT molecular complexity index is 2720. The number of aliphatic hydroxyl groups excluding tert-OH is 2. The van der Waals surface area contributed by atoms with Crippen molar-refractivity contribution in [2.24, 2.45) is 0 Å². The van der Waals surface area contributed by atoms with Crippen molar-refractivity contribution in [3.8, 4) is 0 Å². The monoisotopic (exact) mass is 898 g/mol. The van der Waals surface area contributed by atoms with Crippen LogP contribution in [0.1, 0.15) is 44.7 Å². The summed E-state index contributed by atoms with van der Waals surface area (Å²) in [5.74, 6) is -2.62. The van der Waals surface area contributed by atoms with Crippen molar-refractivity contribution < 1.29 is 34.5 Å². The van der Waals surface area contributed by atoms with Crippen LogP contribution in [0.25, 0.3) is 22.1 Å². The SMILES string of the molecule is O=C(NCc1ccc(Cl)cc1)c1cc2cccnc2n(CC(=O)N2CCC2CO)c1=O.O=C(O)Cn1c(=O)c(C(=O)NCc2ccc(Cl)cc2)cc2cccnc21.OCC1CCN1. The molecule has 0 radical (unpaired) electrons. The summed E-state index contributed by atoms with van der Waals surface area (Å²) in [6.07, 6.45) is 4.86. The number of rotatable bonds is 12. The van der Waals surface area contributed by atoms with Crippen LogP contribution >= 0.6 is 23.2 Å². The molecule has 3 amide bonds. The minimum atomic E-state index is -1.20. The van der Waals surface area contributed by atoms with Gasteiger partial charge in [-0.25, -0.2) is 9.97 Å². The van der Waals surface area contributed by atoms with Crippen LogP contribution in [0.5, 0.6) is 0 Å². The first-order valence-electron chi connectivity index (χ1n) is 19.9. The van der Waals surface area contributed by atoms with Gasteiger partial charge in [-0.3, -0.25) is 37.9 Å². The summed E-state index contributed by atoms with van der Waals surface area (Å²) < 4.78 is 2.20. The van der Waals surface area contributed by atoms with Gasteiger partial charge in [-0.15, -0.1) is 0 Å². The molecule has 19 heteroatoms. The van der Waals surface area contributed by atoms with E-state index in [0.717, 1.165) is 35.1 Å². The number of aromatic nitrogens is 4. The Balaban J connectivity index is 0.000000187. The number of hydrogen-bond donors (Lipinski definition) is 6. The van der Waals surface area contributed by atoms with E-state index in [0.29, 0.717) is 45.7 Å². The summed E-state index contributed by atoms with van der Waals surface area (Å²) in [6, 6.07) is 23.8. The minimum absolute atomic E-state index is 0.0652. The van der Waals surface area contributed by atoms with Gasteiger partial charge in [0.25, 0.3) is 22.9 Å². The Morgan fingerprint density at radius 1 is 0.698 bits per heavy atom. The number of pyridine rings is 4. The van der Waals surface area contributed by atoms with Gasteiger partial charge in [0.2, 0.25) is 5.91 Å². The lowest BCUT2D eigenvalue weighted by molar-refractivity contribution is -0.141. The van der Waals surface area contributed by atoms with Crippen LogP contribution < -0.4 is 27.1 Å². The molecule has 6 N–H and O–H groups in total. The molecule has 328 valence electrons. The zero-order valence-electron chi connectivity index (χ0n) is 33.7. The number of nitrogens with zero attached hydrogens (tertiary/aromatic N) is 5. The summed E-state index contributed by atoms with van der Waals surface area (Å²) in [7, 11) is 0. The van der Waals surface area contributed by atoms with Crippen LogP contribution in [0.4, 0.5) is 0 Å². The number of aliphatic hydroxyl groups is 2. The maximum Gasteiger partial charge on any atom is 0.323 e. The Morgan fingerprint density at radius 3 is 1.54 bits per heavy atom. The fourth-order valence-electron chi connectivity index (χ4n) is 6.62. The maximum absolute atomic E-state index is 13.1. The van der Waals surface area contributed by atoms with E-state index in [1.54, 1.807) is 72.8 Å². The third-order valence-electron chi connectivity index (χ3n) is 10.3. The molecule has 4 aromatic heterocycles. The number of fused-ring (bicyclic) bond motifs is 2. The van der Waals surface area contributed by atoms with Crippen molar-refractivity contribution in [1.82, 2.24) is 40.0 Å². The molecule has 2 fully saturated rings. The molecule has 2 unspecified atom stereocenters. The van der Waals surface area contributed by atoms with Crippen LogP contribution in [0, 0.1) is 0 Å². The number of carboxylic acid groups (broad SMARTS) is 1.